The number of benzene rings is 2. The minimum absolute atomic E-state index is 0.128. The van der Waals surface area contributed by atoms with Crippen molar-refractivity contribution in [3.8, 4) is 16.9 Å². The van der Waals surface area contributed by atoms with E-state index in [0.29, 0.717) is 11.1 Å². The van der Waals surface area contributed by atoms with E-state index in [1.807, 2.05) is 48.5 Å². The zero-order valence-electron chi connectivity index (χ0n) is 14.7. The van der Waals surface area contributed by atoms with Gasteiger partial charge in [-0.3, -0.25) is 0 Å². The lowest BCUT2D eigenvalue weighted by Gasteiger charge is -2.26. The summed E-state index contributed by atoms with van der Waals surface area (Å²) >= 11 is 0. The Labute approximate surface area is 156 Å². The molecule has 1 unspecified atom stereocenters. The standard InChI is InChI=1S/C21H18FN3O2/c1-26-17-9-7-15(8-10-17)21(13-27-20(23)25-21)16-5-2-4-14(12-16)18-6-3-11-24-19(18)22/h2-12H,13H2,1H3,(H2,23,25). The zero-order chi connectivity index (χ0) is 18.9. The fourth-order valence-corrected chi connectivity index (χ4v) is 3.31. The number of hydrogen-bond acceptors (Lipinski definition) is 5. The Bertz CT molecular complexity index is 1000. The minimum Gasteiger partial charge on any atom is -0.497 e. The molecule has 0 amide bonds. The maximum atomic E-state index is 14.2. The first-order valence-corrected chi connectivity index (χ1v) is 8.46. The fourth-order valence-electron chi connectivity index (χ4n) is 3.31. The molecule has 0 saturated heterocycles. The number of methoxy groups -OCH3 is 1. The third-order valence-electron chi connectivity index (χ3n) is 4.71. The molecule has 27 heavy (non-hydrogen) atoms. The number of halogens is 1. The second kappa shape index (κ2) is 6.72. The summed E-state index contributed by atoms with van der Waals surface area (Å²) in [4.78, 5) is 8.33. The van der Waals surface area contributed by atoms with E-state index in [0.717, 1.165) is 16.9 Å². The number of aliphatic imine (C=N–C) groups is 1. The van der Waals surface area contributed by atoms with Crippen LogP contribution in [0.2, 0.25) is 0 Å². The number of rotatable bonds is 4. The average Bonchev–Trinajstić information content (AvgIpc) is 3.11. The van der Waals surface area contributed by atoms with Gasteiger partial charge in [0.2, 0.25) is 5.95 Å². The summed E-state index contributed by atoms with van der Waals surface area (Å²) in [7, 11) is 1.62. The molecule has 0 saturated carbocycles. The quantitative estimate of drug-likeness (QED) is 0.721. The van der Waals surface area contributed by atoms with Crippen LogP contribution in [0.4, 0.5) is 4.39 Å². The van der Waals surface area contributed by atoms with Crippen LogP contribution in [-0.2, 0) is 10.3 Å². The molecule has 2 aromatic carbocycles. The van der Waals surface area contributed by atoms with Gasteiger partial charge in [-0.1, -0.05) is 30.3 Å². The lowest BCUT2D eigenvalue weighted by molar-refractivity contribution is 0.278. The smallest absolute Gasteiger partial charge is 0.283 e. The number of pyridine rings is 1. The zero-order valence-corrected chi connectivity index (χ0v) is 14.7. The van der Waals surface area contributed by atoms with Crippen LogP contribution in [0.3, 0.4) is 0 Å². The highest BCUT2D eigenvalue weighted by Gasteiger charge is 2.40. The Hall–Kier alpha value is -3.41. The summed E-state index contributed by atoms with van der Waals surface area (Å²) in [6.45, 7) is 0.268. The molecule has 6 heteroatoms. The lowest BCUT2D eigenvalue weighted by Crippen LogP contribution is -2.27. The number of nitrogens with zero attached hydrogens (tertiary/aromatic N) is 2. The maximum Gasteiger partial charge on any atom is 0.283 e. The highest BCUT2D eigenvalue weighted by atomic mass is 19.1. The Kier molecular flexibility index (Phi) is 4.24. The number of ether oxygens (including phenoxy) is 2. The molecular formula is C21H18FN3O2. The van der Waals surface area contributed by atoms with Gasteiger partial charge in [0.15, 0.2) is 5.54 Å². The van der Waals surface area contributed by atoms with Gasteiger partial charge in [0.05, 0.1) is 7.11 Å². The molecule has 1 aliphatic heterocycles. The van der Waals surface area contributed by atoms with Crippen molar-refractivity contribution >= 4 is 6.02 Å². The molecule has 5 nitrogen and oxygen atoms in total. The highest BCUT2D eigenvalue weighted by Crippen LogP contribution is 2.39. The molecule has 4 rings (SSSR count). The SMILES string of the molecule is COc1ccc(C2(c3cccc(-c4cccnc4F)c3)COC(N)=N2)cc1. The van der Waals surface area contributed by atoms with E-state index in [2.05, 4.69) is 9.98 Å². The Balaban J connectivity index is 1.85. The van der Waals surface area contributed by atoms with Crippen LogP contribution < -0.4 is 10.5 Å². The molecule has 1 aromatic heterocycles. The third kappa shape index (κ3) is 2.99. The monoisotopic (exact) mass is 363 g/mol. The molecule has 2 heterocycles. The molecule has 0 aliphatic carbocycles. The number of aromatic nitrogens is 1. The Morgan fingerprint density at radius 3 is 2.56 bits per heavy atom. The van der Waals surface area contributed by atoms with Crippen LogP contribution in [0.5, 0.6) is 5.75 Å². The van der Waals surface area contributed by atoms with E-state index in [1.165, 1.54) is 6.20 Å². The molecule has 136 valence electrons. The summed E-state index contributed by atoms with van der Waals surface area (Å²) in [5, 5.41) is 0. The Morgan fingerprint density at radius 2 is 1.89 bits per heavy atom. The first kappa shape index (κ1) is 17.0. The van der Waals surface area contributed by atoms with Gasteiger partial charge in [-0.05, 0) is 47.0 Å². The van der Waals surface area contributed by atoms with E-state index in [1.54, 1.807) is 19.2 Å². The van der Waals surface area contributed by atoms with Crippen molar-refractivity contribution in [3.63, 3.8) is 0 Å². The van der Waals surface area contributed by atoms with Crippen LogP contribution in [0.25, 0.3) is 11.1 Å². The van der Waals surface area contributed by atoms with Gasteiger partial charge in [0.25, 0.3) is 6.02 Å². The predicted molar refractivity (Wildman–Crippen MR) is 101 cm³/mol. The number of amidine groups is 1. The van der Waals surface area contributed by atoms with Crippen molar-refractivity contribution in [3.05, 3.63) is 83.9 Å². The van der Waals surface area contributed by atoms with Crippen LogP contribution in [0, 0.1) is 5.95 Å². The highest BCUT2D eigenvalue weighted by molar-refractivity contribution is 5.75. The van der Waals surface area contributed by atoms with Crippen LogP contribution in [0.1, 0.15) is 11.1 Å². The van der Waals surface area contributed by atoms with Crippen molar-refractivity contribution in [2.75, 3.05) is 13.7 Å². The van der Waals surface area contributed by atoms with E-state index in [-0.39, 0.29) is 12.6 Å². The van der Waals surface area contributed by atoms with Gasteiger partial charge in [0, 0.05) is 11.8 Å². The van der Waals surface area contributed by atoms with Crippen molar-refractivity contribution in [1.82, 2.24) is 4.98 Å². The van der Waals surface area contributed by atoms with Crippen LogP contribution in [-0.4, -0.2) is 24.7 Å². The molecule has 0 fully saturated rings. The first-order valence-electron chi connectivity index (χ1n) is 8.46. The van der Waals surface area contributed by atoms with Crippen molar-refractivity contribution < 1.29 is 13.9 Å². The summed E-state index contributed by atoms with van der Waals surface area (Å²) < 4.78 is 24.9. The average molecular weight is 363 g/mol. The van der Waals surface area contributed by atoms with E-state index in [4.69, 9.17) is 15.2 Å². The molecule has 0 bridgehead atoms. The molecule has 0 spiro atoms. The van der Waals surface area contributed by atoms with Crippen molar-refractivity contribution in [2.45, 2.75) is 5.54 Å². The molecule has 1 atom stereocenters. The molecule has 3 aromatic rings. The largest absolute Gasteiger partial charge is 0.497 e. The van der Waals surface area contributed by atoms with Gasteiger partial charge < -0.3 is 15.2 Å². The summed E-state index contributed by atoms with van der Waals surface area (Å²) in [5.41, 5.74) is 7.96. The maximum absolute atomic E-state index is 14.2. The van der Waals surface area contributed by atoms with Crippen molar-refractivity contribution in [1.29, 1.82) is 0 Å². The second-order valence-corrected chi connectivity index (χ2v) is 6.25. The lowest BCUT2D eigenvalue weighted by atomic mass is 9.83. The van der Waals surface area contributed by atoms with E-state index >= 15 is 0 Å². The fraction of sp³-hybridized carbons (Fsp3) is 0.143. The van der Waals surface area contributed by atoms with Crippen LogP contribution >= 0.6 is 0 Å². The van der Waals surface area contributed by atoms with Gasteiger partial charge in [-0.15, -0.1) is 0 Å². The third-order valence-corrected chi connectivity index (χ3v) is 4.71. The van der Waals surface area contributed by atoms with Gasteiger partial charge in [-0.25, -0.2) is 9.98 Å². The van der Waals surface area contributed by atoms with Gasteiger partial charge in [-0.2, -0.15) is 4.39 Å². The normalized spacial score (nSPS) is 18.7. The number of nitrogens with two attached hydrogens (primary N) is 1. The van der Waals surface area contributed by atoms with E-state index in [9.17, 15) is 4.39 Å². The van der Waals surface area contributed by atoms with E-state index < -0.39 is 11.5 Å². The molecule has 1 aliphatic rings. The predicted octanol–water partition coefficient (Wildman–Crippen LogP) is 3.48. The molecule has 2 N–H and O–H groups in total. The van der Waals surface area contributed by atoms with Gasteiger partial charge in [0.1, 0.15) is 12.4 Å². The summed E-state index contributed by atoms with van der Waals surface area (Å²) in [6, 6.07) is 18.7. The Morgan fingerprint density at radius 1 is 1.07 bits per heavy atom. The van der Waals surface area contributed by atoms with Gasteiger partial charge >= 0.3 is 0 Å². The molecule has 0 radical (unpaired) electrons. The number of hydrogen-bond donors (Lipinski definition) is 1. The molecular weight excluding hydrogens is 345 g/mol. The second-order valence-electron chi connectivity index (χ2n) is 6.25. The van der Waals surface area contributed by atoms with Crippen molar-refractivity contribution in [2.24, 2.45) is 10.7 Å². The van der Waals surface area contributed by atoms with Crippen LogP contribution in [0.15, 0.2) is 71.9 Å². The summed E-state index contributed by atoms with van der Waals surface area (Å²) in [5.74, 6) is 0.231. The summed E-state index contributed by atoms with van der Waals surface area (Å²) in [6.07, 6.45) is 1.43. The topological polar surface area (TPSA) is 69.7 Å². The first-order chi connectivity index (χ1) is 13.1. The minimum atomic E-state index is -0.801.